The molecule has 650 valence electrons. The third kappa shape index (κ3) is 82.1. The van der Waals surface area contributed by atoms with E-state index in [1.807, 2.05) is 0 Å². The second-order valence-corrected chi connectivity index (χ2v) is 35.6. The molecule has 0 aromatic heterocycles. The highest BCUT2D eigenvalue weighted by Crippen LogP contribution is 2.45. The molecule has 3 N–H and O–H groups in total. The molecule has 0 spiro atoms. The Balaban J connectivity index is 5.26. The summed E-state index contributed by atoms with van der Waals surface area (Å²) >= 11 is 0. The number of esters is 4. The smallest absolute Gasteiger partial charge is 0.462 e. The maximum atomic E-state index is 13.2. The first kappa shape index (κ1) is 108. The summed E-state index contributed by atoms with van der Waals surface area (Å²) in [7, 11) is -9.95. The Morgan fingerprint density at radius 1 is 0.300 bits per heavy atom. The summed E-state index contributed by atoms with van der Waals surface area (Å²) in [5.41, 5.74) is 0. The number of unbranched alkanes of at least 4 members (excludes halogenated alkanes) is 54. The molecule has 3 unspecified atom stereocenters. The molecule has 0 aromatic carbocycles. The van der Waals surface area contributed by atoms with Crippen molar-refractivity contribution < 1.29 is 80.2 Å². The lowest BCUT2D eigenvalue weighted by atomic mass is 9.99. The number of aliphatic hydroxyl groups excluding tert-OH is 1. The Labute approximate surface area is 675 Å². The van der Waals surface area contributed by atoms with Crippen LogP contribution in [0.3, 0.4) is 0 Å². The van der Waals surface area contributed by atoms with E-state index in [4.69, 9.17) is 37.0 Å². The molecule has 6 atom stereocenters. The SMILES string of the molecule is CCCCCC/C=C\C=C/CCCCCCCC(=O)O[C@H](COC(=O)CCCCCCCCCCCC(C)C)COP(=O)(O)OC[C@H](O)COP(=O)(O)OC[C@@H](COC(=O)CCCCCCCCCCCCCCCCCCCCCCC)OC(=O)CCCCCCCCCCCCCCCCCCCCC(C)CC. The van der Waals surface area contributed by atoms with Gasteiger partial charge in [-0.05, 0) is 63.2 Å². The monoisotopic (exact) mass is 1600 g/mol. The molecular weight excluding hydrogens is 1430 g/mol. The number of rotatable bonds is 88. The fourth-order valence-electron chi connectivity index (χ4n) is 13.7. The third-order valence-corrected chi connectivity index (χ3v) is 23.1. The minimum atomic E-state index is -4.97. The average Bonchev–Trinajstić information content (AvgIpc) is 0.897. The van der Waals surface area contributed by atoms with E-state index in [9.17, 15) is 43.2 Å². The number of phosphoric acid groups is 2. The van der Waals surface area contributed by atoms with Crippen molar-refractivity contribution in [2.45, 2.75) is 484 Å². The van der Waals surface area contributed by atoms with Gasteiger partial charge in [0, 0.05) is 25.7 Å². The number of hydrogen-bond donors (Lipinski definition) is 3. The topological polar surface area (TPSA) is 237 Å². The van der Waals surface area contributed by atoms with Crippen molar-refractivity contribution in [1.29, 1.82) is 0 Å². The van der Waals surface area contributed by atoms with E-state index in [-0.39, 0.29) is 25.7 Å². The van der Waals surface area contributed by atoms with Gasteiger partial charge in [-0.25, -0.2) is 9.13 Å². The van der Waals surface area contributed by atoms with E-state index in [0.717, 1.165) is 115 Å². The average molecular weight is 1600 g/mol. The number of hydrogen-bond acceptors (Lipinski definition) is 15. The molecule has 0 aliphatic heterocycles. The van der Waals surface area contributed by atoms with Crippen molar-refractivity contribution in [1.82, 2.24) is 0 Å². The van der Waals surface area contributed by atoms with Crippen molar-refractivity contribution in [3.05, 3.63) is 24.3 Å². The molecule has 0 amide bonds. The van der Waals surface area contributed by atoms with Crippen LogP contribution in [0.4, 0.5) is 0 Å². The lowest BCUT2D eigenvalue weighted by molar-refractivity contribution is -0.161. The summed E-state index contributed by atoms with van der Waals surface area (Å²) < 4.78 is 69.0. The standard InChI is InChI=1S/C91H174O17P2/c1-7-10-12-14-16-18-20-22-24-25-26-27-28-32-36-39-43-49-55-61-67-73-88(93)101-79-86(107-91(96)76-70-64-58-51-45-41-37-33-30-29-31-35-38-42-48-54-60-66-72-84(6)9-3)81-105-109(97,98)103-77-85(92)78-104-110(99,100)106-82-87(80-102-89(94)74-68-62-56-52-46-47-53-59-65-71-83(4)5)108-90(95)75-69-63-57-50-44-40-34-23-21-19-17-15-13-11-8-2/h19,21,23,34,83-87,92H,7-18,20,22,24-33,35-82H2,1-6H3,(H,97,98)(H,99,100)/b21-19-,34-23-/t84?,85-,86-,87-/m1/s1. The number of allylic oxidation sites excluding steroid dienone is 4. The van der Waals surface area contributed by atoms with Gasteiger partial charge < -0.3 is 33.8 Å². The predicted molar refractivity (Wildman–Crippen MR) is 455 cm³/mol. The van der Waals surface area contributed by atoms with E-state index < -0.39 is 97.5 Å². The van der Waals surface area contributed by atoms with Crippen LogP contribution < -0.4 is 0 Å². The minimum absolute atomic E-state index is 0.0850. The second-order valence-electron chi connectivity index (χ2n) is 32.7. The fraction of sp³-hybridized carbons (Fsp3) is 0.912. The highest BCUT2D eigenvalue weighted by molar-refractivity contribution is 7.47. The van der Waals surface area contributed by atoms with Gasteiger partial charge in [-0.1, -0.05) is 413 Å². The predicted octanol–water partition coefficient (Wildman–Crippen LogP) is 27.7. The maximum absolute atomic E-state index is 13.2. The van der Waals surface area contributed by atoms with Gasteiger partial charge in [0.1, 0.15) is 19.3 Å². The molecule has 0 bridgehead atoms. The van der Waals surface area contributed by atoms with Crippen molar-refractivity contribution >= 4 is 39.5 Å². The molecule has 0 aliphatic carbocycles. The highest BCUT2D eigenvalue weighted by atomic mass is 31.2. The van der Waals surface area contributed by atoms with Gasteiger partial charge in [0.25, 0.3) is 0 Å². The molecule has 17 nitrogen and oxygen atoms in total. The van der Waals surface area contributed by atoms with E-state index in [1.54, 1.807) is 0 Å². The van der Waals surface area contributed by atoms with E-state index in [0.29, 0.717) is 25.7 Å². The van der Waals surface area contributed by atoms with Crippen molar-refractivity contribution in [2.24, 2.45) is 11.8 Å². The summed E-state index contributed by atoms with van der Waals surface area (Å²) in [5, 5.41) is 10.7. The normalized spacial score (nSPS) is 14.1. The third-order valence-electron chi connectivity index (χ3n) is 21.2. The molecule has 0 fully saturated rings. The number of ether oxygens (including phenoxy) is 4. The molecule has 0 heterocycles. The first-order valence-electron chi connectivity index (χ1n) is 46.3. The molecule has 0 saturated heterocycles. The van der Waals surface area contributed by atoms with Gasteiger partial charge in [-0.3, -0.25) is 37.3 Å². The maximum Gasteiger partial charge on any atom is 0.472 e. The summed E-state index contributed by atoms with van der Waals surface area (Å²) in [4.78, 5) is 73.4. The summed E-state index contributed by atoms with van der Waals surface area (Å²) in [5.74, 6) is -0.517. The molecule has 0 aliphatic rings. The van der Waals surface area contributed by atoms with Crippen LogP contribution in [0.5, 0.6) is 0 Å². The summed E-state index contributed by atoms with van der Waals surface area (Å²) in [6.45, 7) is 9.67. The molecule has 0 aromatic rings. The number of aliphatic hydroxyl groups is 1. The van der Waals surface area contributed by atoms with Crippen LogP contribution in [-0.2, 0) is 65.4 Å². The molecular formula is C91H174O17P2. The van der Waals surface area contributed by atoms with Crippen molar-refractivity contribution in [3.63, 3.8) is 0 Å². The van der Waals surface area contributed by atoms with E-state index >= 15 is 0 Å². The molecule has 0 radical (unpaired) electrons. The Hall–Kier alpha value is -2.46. The number of carbonyl (C=O) groups is 4. The second kappa shape index (κ2) is 81.7. The van der Waals surface area contributed by atoms with Gasteiger partial charge in [0.15, 0.2) is 12.2 Å². The van der Waals surface area contributed by atoms with Crippen LogP contribution in [0.25, 0.3) is 0 Å². The molecule has 0 rings (SSSR count). The molecule has 19 heteroatoms. The van der Waals surface area contributed by atoms with E-state index in [1.165, 1.54) is 270 Å². The lowest BCUT2D eigenvalue weighted by Gasteiger charge is -2.21. The highest BCUT2D eigenvalue weighted by Gasteiger charge is 2.31. The lowest BCUT2D eigenvalue weighted by Crippen LogP contribution is -2.30. The molecule has 110 heavy (non-hydrogen) atoms. The Kier molecular flexibility index (Phi) is 79.8. The fourth-order valence-corrected chi connectivity index (χ4v) is 15.3. The van der Waals surface area contributed by atoms with Gasteiger partial charge >= 0.3 is 39.5 Å². The zero-order chi connectivity index (χ0) is 80.6. The Morgan fingerprint density at radius 2 is 0.536 bits per heavy atom. The largest absolute Gasteiger partial charge is 0.472 e. The zero-order valence-corrected chi connectivity index (χ0v) is 73.8. The van der Waals surface area contributed by atoms with Crippen molar-refractivity contribution in [3.8, 4) is 0 Å². The number of carbonyl (C=O) groups excluding carboxylic acids is 4. The van der Waals surface area contributed by atoms with Gasteiger partial charge in [0.05, 0.1) is 26.4 Å². The summed E-state index contributed by atoms with van der Waals surface area (Å²) in [6, 6.07) is 0. The van der Waals surface area contributed by atoms with Crippen molar-refractivity contribution in [2.75, 3.05) is 39.6 Å². The summed E-state index contributed by atoms with van der Waals surface area (Å²) in [6.07, 6.45) is 78.7. The van der Waals surface area contributed by atoms with Crippen LogP contribution in [0.1, 0.15) is 465 Å². The van der Waals surface area contributed by atoms with Gasteiger partial charge in [-0.15, -0.1) is 0 Å². The number of phosphoric ester groups is 2. The van der Waals surface area contributed by atoms with Crippen LogP contribution in [0.15, 0.2) is 24.3 Å². The van der Waals surface area contributed by atoms with Gasteiger partial charge in [-0.2, -0.15) is 0 Å². The van der Waals surface area contributed by atoms with Crippen LogP contribution in [0, 0.1) is 11.8 Å². The quantitative estimate of drug-likeness (QED) is 0.0169. The Bertz CT molecular complexity index is 2200. The zero-order valence-electron chi connectivity index (χ0n) is 72.1. The minimum Gasteiger partial charge on any atom is -0.462 e. The first-order valence-corrected chi connectivity index (χ1v) is 49.3. The van der Waals surface area contributed by atoms with Crippen LogP contribution in [-0.4, -0.2) is 96.7 Å². The van der Waals surface area contributed by atoms with E-state index in [2.05, 4.69) is 65.8 Å². The first-order chi connectivity index (χ1) is 53.4. The molecule has 0 saturated carbocycles. The van der Waals surface area contributed by atoms with Crippen LogP contribution >= 0.6 is 15.6 Å². The van der Waals surface area contributed by atoms with Crippen LogP contribution in [0.2, 0.25) is 0 Å². The Morgan fingerprint density at radius 3 is 0.818 bits per heavy atom. The van der Waals surface area contributed by atoms with Gasteiger partial charge in [0.2, 0.25) is 0 Å².